The van der Waals surface area contributed by atoms with E-state index in [-0.39, 0.29) is 5.91 Å². The number of hydrogen-bond acceptors (Lipinski definition) is 2. The minimum absolute atomic E-state index is 0.201. The van der Waals surface area contributed by atoms with Gasteiger partial charge < -0.3 is 4.90 Å². The van der Waals surface area contributed by atoms with Crippen molar-refractivity contribution in [3.8, 4) is 0 Å². The van der Waals surface area contributed by atoms with E-state index < -0.39 is 0 Å². The van der Waals surface area contributed by atoms with Crippen LogP contribution in [0.25, 0.3) is 0 Å². The number of nitrogens with zero attached hydrogens (tertiary/aromatic N) is 2. The highest BCUT2D eigenvalue weighted by atomic mass is 16.2. The number of carbonyl (C=O) groups is 1. The van der Waals surface area contributed by atoms with E-state index in [0.717, 1.165) is 39.1 Å². The summed E-state index contributed by atoms with van der Waals surface area (Å²) in [5.74, 6) is 0.201. The van der Waals surface area contributed by atoms with E-state index in [1.165, 1.54) is 5.56 Å². The van der Waals surface area contributed by atoms with Gasteiger partial charge in [-0.05, 0) is 12.0 Å². The van der Waals surface area contributed by atoms with E-state index in [1.807, 2.05) is 11.0 Å². The van der Waals surface area contributed by atoms with E-state index >= 15 is 0 Å². The smallest absolute Gasteiger partial charge is 0.219 e. The minimum atomic E-state index is 0.201. The maximum Gasteiger partial charge on any atom is 0.219 e. The predicted octanol–water partition coefficient (Wildman–Crippen LogP) is 1.74. The maximum absolute atomic E-state index is 11.3. The van der Waals surface area contributed by atoms with Gasteiger partial charge in [-0.3, -0.25) is 9.69 Å². The Bertz CT molecular complexity index is 364. The Labute approximate surface area is 103 Å². The van der Waals surface area contributed by atoms with Crippen LogP contribution in [0.1, 0.15) is 18.9 Å². The second kappa shape index (κ2) is 5.82. The zero-order valence-corrected chi connectivity index (χ0v) is 10.4. The topological polar surface area (TPSA) is 23.6 Å². The summed E-state index contributed by atoms with van der Waals surface area (Å²) in [7, 11) is 0. The van der Waals surface area contributed by atoms with Crippen molar-refractivity contribution in [2.75, 3.05) is 26.2 Å². The zero-order valence-electron chi connectivity index (χ0n) is 10.4. The van der Waals surface area contributed by atoms with Gasteiger partial charge in [-0.2, -0.15) is 0 Å². The quantitative estimate of drug-likeness (QED) is 0.775. The minimum Gasteiger partial charge on any atom is -0.342 e. The third-order valence-electron chi connectivity index (χ3n) is 3.28. The summed E-state index contributed by atoms with van der Waals surface area (Å²) >= 11 is 0. The molecule has 0 saturated carbocycles. The summed E-state index contributed by atoms with van der Waals surface area (Å²) in [4.78, 5) is 15.7. The van der Waals surface area contributed by atoms with E-state index in [4.69, 9.17) is 0 Å². The molecule has 0 atom stereocenters. The van der Waals surface area contributed by atoms with Gasteiger partial charge in [0.2, 0.25) is 5.91 Å². The second-order valence-electron chi connectivity index (χ2n) is 4.62. The van der Waals surface area contributed by atoms with E-state index in [0.29, 0.717) is 0 Å². The van der Waals surface area contributed by atoms with Gasteiger partial charge in [-0.1, -0.05) is 30.3 Å². The van der Waals surface area contributed by atoms with Gasteiger partial charge in [0, 0.05) is 39.6 Å². The lowest BCUT2D eigenvalue weighted by atomic mass is 10.2. The highest BCUT2D eigenvalue weighted by Crippen LogP contribution is 2.08. The summed E-state index contributed by atoms with van der Waals surface area (Å²) in [6.45, 7) is 6.48. The average Bonchev–Trinajstić information content (AvgIpc) is 2.56. The van der Waals surface area contributed by atoms with Crippen molar-refractivity contribution in [3.05, 3.63) is 35.9 Å². The lowest BCUT2D eigenvalue weighted by Crippen LogP contribution is -2.33. The zero-order chi connectivity index (χ0) is 12.1. The van der Waals surface area contributed by atoms with Crippen LogP contribution in [-0.2, 0) is 11.3 Å². The van der Waals surface area contributed by atoms with Crippen LogP contribution in [0.15, 0.2) is 30.3 Å². The molecule has 1 fully saturated rings. The van der Waals surface area contributed by atoms with Gasteiger partial charge in [0.15, 0.2) is 0 Å². The number of amides is 1. The molecule has 0 aromatic heterocycles. The first-order valence-electron chi connectivity index (χ1n) is 6.27. The summed E-state index contributed by atoms with van der Waals surface area (Å²) in [6.07, 6.45) is 1.08. The third-order valence-corrected chi connectivity index (χ3v) is 3.28. The Balaban J connectivity index is 1.89. The van der Waals surface area contributed by atoms with Crippen molar-refractivity contribution in [1.82, 2.24) is 9.80 Å². The molecule has 3 nitrogen and oxygen atoms in total. The van der Waals surface area contributed by atoms with Crippen LogP contribution in [0, 0.1) is 0 Å². The first-order chi connectivity index (χ1) is 8.25. The van der Waals surface area contributed by atoms with Gasteiger partial charge in [-0.25, -0.2) is 0 Å². The van der Waals surface area contributed by atoms with Crippen molar-refractivity contribution in [3.63, 3.8) is 0 Å². The van der Waals surface area contributed by atoms with E-state index in [1.54, 1.807) is 6.92 Å². The lowest BCUT2D eigenvalue weighted by molar-refractivity contribution is -0.128. The molecule has 1 aromatic rings. The molecule has 1 heterocycles. The molecule has 2 rings (SSSR count). The van der Waals surface area contributed by atoms with Gasteiger partial charge >= 0.3 is 0 Å². The summed E-state index contributed by atoms with van der Waals surface area (Å²) < 4.78 is 0. The predicted molar refractivity (Wildman–Crippen MR) is 68.6 cm³/mol. The fraction of sp³-hybridized carbons (Fsp3) is 0.500. The second-order valence-corrected chi connectivity index (χ2v) is 4.62. The van der Waals surface area contributed by atoms with Gasteiger partial charge in [0.25, 0.3) is 0 Å². The van der Waals surface area contributed by atoms with Crippen molar-refractivity contribution < 1.29 is 4.79 Å². The molecule has 1 aliphatic heterocycles. The molecule has 1 amide bonds. The first kappa shape index (κ1) is 12.1. The van der Waals surface area contributed by atoms with Crippen LogP contribution in [0.4, 0.5) is 0 Å². The molecule has 3 heteroatoms. The lowest BCUT2D eigenvalue weighted by Gasteiger charge is -2.21. The largest absolute Gasteiger partial charge is 0.342 e. The molecule has 1 aromatic carbocycles. The molecule has 92 valence electrons. The van der Waals surface area contributed by atoms with Crippen molar-refractivity contribution >= 4 is 5.91 Å². The van der Waals surface area contributed by atoms with Crippen molar-refractivity contribution in [1.29, 1.82) is 0 Å². The molecule has 0 N–H and O–H groups in total. The molecule has 0 bridgehead atoms. The highest BCUT2D eigenvalue weighted by molar-refractivity contribution is 5.73. The molecular weight excluding hydrogens is 212 g/mol. The molecule has 0 unspecified atom stereocenters. The molecule has 17 heavy (non-hydrogen) atoms. The standard InChI is InChI=1S/C14H20N2O/c1-13(17)16-9-5-8-15(10-11-16)12-14-6-3-2-4-7-14/h2-4,6-7H,5,8-12H2,1H3. The molecule has 0 radical (unpaired) electrons. The number of rotatable bonds is 2. The fourth-order valence-electron chi connectivity index (χ4n) is 2.29. The SMILES string of the molecule is CC(=O)N1CCCN(Cc2ccccc2)CC1. The molecule has 1 aliphatic rings. The van der Waals surface area contributed by atoms with Crippen LogP contribution in [0.5, 0.6) is 0 Å². The van der Waals surface area contributed by atoms with Crippen LogP contribution in [0.3, 0.4) is 0 Å². The Morgan fingerprint density at radius 1 is 1.12 bits per heavy atom. The number of carbonyl (C=O) groups excluding carboxylic acids is 1. The van der Waals surface area contributed by atoms with E-state index in [2.05, 4.69) is 29.2 Å². The highest BCUT2D eigenvalue weighted by Gasteiger charge is 2.16. The first-order valence-corrected chi connectivity index (χ1v) is 6.27. The Morgan fingerprint density at radius 3 is 2.59 bits per heavy atom. The van der Waals surface area contributed by atoms with Crippen LogP contribution in [0.2, 0.25) is 0 Å². The summed E-state index contributed by atoms with van der Waals surface area (Å²) in [5, 5.41) is 0. The molecular formula is C14H20N2O. The normalized spacial score (nSPS) is 17.8. The molecule has 1 saturated heterocycles. The summed E-state index contributed by atoms with van der Waals surface area (Å²) in [6, 6.07) is 10.5. The maximum atomic E-state index is 11.3. The van der Waals surface area contributed by atoms with Crippen molar-refractivity contribution in [2.24, 2.45) is 0 Å². The van der Waals surface area contributed by atoms with Gasteiger partial charge in [0.05, 0.1) is 0 Å². The summed E-state index contributed by atoms with van der Waals surface area (Å²) in [5.41, 5.74) is 1.35. The fourth-order valence-corrected chi connectivity index (χ4v) is 2.29. The van der Waals surface area contributed by atoms with Gasteiger partial charge in [-0.15, -0.1) is 0 Å². The number of hydrogen-bond donors (Lipinski definition) is 0. The molecule has 0 spiro atoms. The van der Waals surface area contributed by atoms with Crippen molar-refractivity contribution in [2.45, 2.75) is 19.9 Å². The van der Waals surface area contributed by atoms with Gasteiger partial charge in [0.1, 0.15) is 0 Å². The Kier molecular flexibility index (Phi) is 4.15. The third kappa shape index (κ3) is 3.56. The van der Waals surface area contributed by atoms with Crippen LogP contribution < -0.4 is 0 Å². The van der Waals surface area contributed by atoms with Crippen LogP contribution in [-0.4, -0.2) is 41.9 Å². The van der Waals surface area contributed by atoms with Crippen LogP contribution >= 0.6 is 0 Å². The average molecular weight is 232 g/mol. The molecule has 0 aliphatic carbocycles. The Hall–Kier alpha value is -1.35. The number of benzene rings is 1. The monoisotopic (exact) mass is 232 g/mol. The Morgan fingerprint density at radius 2 is 1.88 bits per heavy atom. The van der Waals surface area contributed by atoms with E-state index in [9.17, 15) is 4.79 Å².